The maximum atomic E-state index is 12.6. The van der Waals surface area contributed by atoms with E-state index in [0.29, 0.717) is 18.0 Å². The number of nitrogens with zero attached hydrogens (tertiary/aromatic N) is 1. The van der Waals surface area contributed by atoms with E-state index in [4.69, 9.17) is 5.73 Å². The van der Waals surface area contributed by atoms with Gasteiger partial charge in [0.2, 0.25) is 10.0 Å². The molecule has 0 radical (unpaired) electrons. The van der Waals surface area contributed by atoms with Crippen molar-refractivity contribution in [2.75, 3.05) is 7.05 Å². The molecule has 0 aromatic heterocycles. The molecule has 2 N–H and O–H groups in total. The van der Waals surface area contributed by atoms with E-state index in [1.807, 2.05) is 37.3 Å². The van der Waals surface area contributed by atoms with Crippen LogP contribution in [0.4, 0.5) is 0 Å². The zero-order chi connectivity index (χ0) is 15.5. The molecule has 0 saturated heterocycles. The smallest absolute Gasteiger partial charge is 0.243 e. The molecule has 0 saturated carbocycles. The Hall–Kier alpha value is -1.69. The normalized spacial score (nSPS) is 11.8. The molecule has 0 amide bonds. The van der Waals surface area contributed by atoms with Crippen molar-refractivity contribution in [1.82, 2.24) is 4.31 Å². The minimum atomic E-state index is -3.49. The van der Waals surface area contributed by atoms with Crippen LogP contribution >= 0.6 is 0 Å². The number of hydrogen-bond donors (Lipinski definition) is 1. The summed E-state index contributed by atoms with van der Waals surface area (Å²) in [5.74, 6) is 0. The molecule has 21 heavy (non-hydrogen) atoms. The highest BCUT2D eigenvalue weighted by Gasteiger charge is 2.21. The van der Waals surface area contributed by atoms with E-state index in [1.54, 1.807) is 25.2 Å². The zero-order valence-corrected chi connectivity index (χ0v) is 13.1. The van der Waals surface area contributed by atoms with Crippen molar-refractivity contribution < 1.29 is 8.42 Å². The van der Waals surface area contributed by atoms with E-state index in [-0.39, 0.29) is 0 Å². The Labute approximate surface area is 126 Å². The molecular formula is C16H20N2O2S. The molecule has 2 aromatic carbocycles. The molecule has 0 fully saturated rings. The number of benzene rings is 2. The molecule has 0 heterocycles. The van der Waals surface area contributed by atoms with Gasteiger partial charge in [-0.25, -0.2) is 8.42 Å². The number of sulfonamides is 1. The predicted octanol–water partition coefficient (Wildman–Crippen LogP) is 2.27. The van der Waals surface area contributed by atoms with E-state index in [9.17, 15) is 8.42 Å². The summed E-state index contributed by atoms with van der Waals surface area (Å²) in [7, 11) is -1.90. The molecule has 0 aliphatic carbocycles. The Morgan fingerprint density at radius 1 is 1.10 bits per heavy atom. The minimum absolute atomic E-state index is 0.302. The van der Waals surface area contributed by atoms with Crippen LogP contribution in [-0.4, -0.2) is 19.8 Å². The van der Waals surface area contributed by atoms with Crippen LogP contribution in [0, 0.1) is 6.92 Å². The third-order valence-electron chi connectivity index (χ3n) is 3.49. The predicted molar refractivity (Wildman–Crippen MR) is 84.2 cm³/mol. The highest BCUT2D eigenvalue weighted by Crippen LogP contribution is 2.20. The molecule has 0 aliphatic rings. The number of hydrogen-bond acceptors (Lipinski definition) is 3. The fourth-order valence-corrected chi connectivity index (χ4v) is 3.41. The first-order valence-electron chi connectivity index (χ1n) is 6.75. The van der Waals surface area contributed by atoms with Gasteiger partial charge in [0.05, 0.1) is 4.90 Å². The Morgan fingerprint density at radius 3 is 2.33 bits per heavy atom. The van der Waals surface area contributed by atoms with Crippen LogP contribution in [-0.2, 0) is 23.1 Å². The Balaban J connectivity index is 2.27. The Kier molecular flexibility index (Phi) is 4.77. The monoisotopic (exact) mass is 304 g/mol. The van der Waals surface area contributed by atoms with Gasteiger partial charge in [-0.15, -0.1) is 0 Å². The van der Waals surface area contributed by atoms with Gasteiger partial charge in [-0.1, -0.05) is 36.4 Å². The topological polar surface area (TPSA) is 63.4 Å². The van der Waals surface area contributed by atoms with Crippen LogP contribution < -0.4 is 5.73 Å². The first-order valence-corrected chi connectivity index (χ1v) is 8.19. The highest BCUT2D eigenvalue weighted by molar-refractivity contribution is 7.89. The fourth-order valence-electron chi connectivity index (χ4n) is 2.16. The van der Waals surface area contributed by atoms with Crippen LogP contribution in [0.2, 0.25) is 0 Å². The zero-order valence-electron chi connectivity index (χ0n) is 12.3. The van der Waals surface area contributed by atoms with Crippen LogP contribution in [0.15, 0.2) is 53.4 Å². The van der Waals surface area contributed by atoms with Crippen molar-refractivity contribution in [1.29, 1.82) is 0 Å². The van der Waals surface area contributed by atoms with Gasteiger partial charge in [-0.3, -0.25) is 0 Å². The standard InChI is InChI=1S/C16H20N2O2S/c1-13-10-16(9-8-15(13)11-17)21(19,20)18(2)12-14-6-4-3-5-7-14/h3-10H,11-12,17H2,1-2H3. The summed E-state index contributed by atoms with van der Waals surface area (Å²) in [5, 5.41) is 0. The van der Waals surface area contributed by atoms with Crippen molar-refractivity contribution in [2.24, 2.45) is 5.73 Å². The number of nitrogens with two attached hydrogens (primary N) is 1. The number of rotatable bonds is 5. The number of aryl methyl sites for hydroxylation is 1. The summed E-state index contributed by atoms with van der Waals surface area (Å²) >= 11 is 0. The first-order chi connectivity index (χ1) is 9.95. The Morgan fingerprint density at radius 2 is 1.76 bits per heavy atom. The molecule has 0 unspecified atom stereocenters. The van der Waals surface area contributed by atoms with E-state index in [2.05, 4.69) is 0 Å². The van der Waals surface area contributed by atoms with Gasteiger partial charge in [0.1, 0.15) is 0 Å². The molecule has 2 rings (SSSR count). The van der Waals surface area contributed by atoms with E-state index in [0.717, 1.165) is 16.7 Å². The summed E-state index contributed by atoms with van der Waals surface area (Å²) in [4.78, 5) is 0.302. The summed E-state index contributed by atoms with van der Waals surface area (Å²) < 4.78 is 26.5. The lowest BCUT2D eigenvalue weighted by molar-refractivity contribution is 0.466. The second kappa shape index (κ2) is 6.39. The van der Waals surface area contributed by atoms with Crippen LogP contribution in [0.3, 0.4) is 0 Å². The van der Waals surface area contributed by atoms with Crippen LogP contribution in [0.5, 0.6) is 0 Å². The second-order valence-corrected chi connectivity index (χ2v) is 7.08. The first kappa shape index (κ1) is 15.7. The van der Waals surface area contributed by atoms with Gasteiger partial charge < -0.3 is 5.73 Å². The Bertz CT molecular complexity index is 712. The van der Waals surface area contributed by atoms with Gasteiger partial charge in [0.25, 0.3) is 0 Å². The van der Waals surface area contributed by atoms with E-state index in [1.165, 1.54) is 4.31 Å². The minimum Gasteiger partial charge on any atom is -0.326 e. The SMILES string of the molecule is Cc1cc(S(=O)(=O)N(C)Cc2ccccc2)ccc1CN. The summed E-state index contributed by atoms with van der Waals surface area (Å²) in [6.07, 6.45) is 0. The average Bonchev–Trinajstić information content (AvgIpc) is 2.48. The average molecular weight is 304 g/mol. The highest BCUT2D eigenvalue weighted by atomic mass is 32.2. The summed E-state index contributed by atoms with van der Waals surface area (Å²) in [6.45, 7) is 2.63. The van der Waals surface area contributed by atoms with E-state index < -0.39 is 10.0 Å². The molecule has 0 aliphatic heterocycles. The van der Waals surface area contributed by atoms with Gasteiger partial charge in [-0.2, -0.15) is 4.31 Å². The summed E-state index contributed by atoms with van der Waals surface area (Å²) in [5.41, 5.74) is 8.42. The van der Waals surface area contributed by atoms with Crippen molar-refractivity contribution in [3.63, 3.8) is 0 Å². The molecule has 0 spiro atoms. The summed E-state index contributed by atoms with van der Waals surface area (Å²) in [6, 6.07) is 14.6. The van der Waals surface area contributed by atoms with Crippen LogP contribution in [0.25, 0.3) is 0 Å². The third kappa shape index (κ3) is 3.50. The van der Waals surface area contributed by atoms with Crippen molar-refractivity contribution in [3.05, 3.63) is 65.2 Å². The lowest BCUT2D eigenvalue weighted by atomic mass is 10.1. The third-order valence-corrected chi connectivity index (χ3v) is 5.29. The molecule has 4 nitrogen and oxygen atoms in total. The van der Waals surface area contributed by atoms with Gasteiger partial charge in [0, 0.05) is 20.1 Å². The molecular weight excluding hydrogens is 284 g/mol. The van der Waals surface area contributed by atoms with E-state index >= 15 is 0 Å². The molecule has 0 bridgehead atoms. The second-order valence-electron chi connectivity index (χ2n) is 5.04. The van der Waals surface area contributed by atoms with Crippen molar-refractivity contribution in [2.45, 2.75) is 24.9 Å². The molecule has 0 atom stereocenters. The van der Waals surface area contributed by atoms with Crippen molar-refractivity contribution in [3.8, 4) is 0 Å². The lowest BCUT2D eigenvalue weighted by Gasteiger charge is -2.18. The molecule has 112 valence electrons. The largest absolute Gasteiger partial charge is 0.326 e. The maximum Gasteiger partial charge on any atom is 0.243 e. The quantitative estimate of drug-likeness (QED) is 0.921. The maximum absolute atomic E-state index is 12.6. The van der Waals surface area contributed by atoms with Crippen molar-refractivity contribution >= 4 is 10.0 Å². The van der Waals surface area contributed by atoms with Gasteiger partial charge in [0.15, 0.2) is 0 Å². The van der Waals surface area contributed by atoms with Crippen LogP contribution in [0.1, 0.15) is 16.7 Å². The lowest BCUT2D eigenvalue weighted by Crippen LogP contribution is -2.26. The van der Waals surface area contributed by atoms with Gasteiger partial charge in [-0.05, 0) is 35.7 Å². The van der Waals surface area contributed by atoms with Gasteiger partial charge >= 0.3 is 0 Å². The molecule has 2 aromatic rings. The fraction of sp³-hybridized carbons (Fsp3) is 0.250. The molecule has 5 heteroatoms.